The average molecular weight is 262 g/mol. The second-order valence-electron chi connectivity index (χ2n) is 3.78. The van der Waals surface area contributed by atoms with Crippen LogP contribution in [0.1, 0.15) is 16.1 Å². The lowest BCUT2D eigenvalue weighted by Gasteiger charge is -2.03. The summed E-state index contributed by atoms with van der Waals surface area (Å²) >= 11 is 1.22. The summed E-state index contributed by atoms with van der Waals surface area (Å²) in [7, 11) is -1.52. The third-order valence-corrected chi connectivity index (χ3v) is 3.13. The molecule has 1 aromatic heterocycles. The molecule has 1 heterocycles. The number of anilines is 1. The summed E-state index contributed by atoms with van der Waals surface area (Å²) in [6.45, 7) is 1.85. The van der Waals surface area contributed by atoms with Gasteiger partial charge in [0.25, 0.3) is 5.91 Å². The molecule has 0 spiro atoms. The first kappa shape index (κ1) is 12.8. The Labute approximate surface area is 108 Å². The van der Waals surface area contributed by atoms with Crippen molar-refractivity contribution in [2.45, 2.75) is 6.92 Å². The molecule has 0 radical (unpaired) electrons. The van der Waals surface area contributed by atoms with Gasteiger partial charge in [-0.25, -0.2) is 0 Å². The summed E-state index contributed by atoms with van der Waals surface area (Å²) in [5.41, 5.74) is 1.65. The van der Waals surface area contributed by atoms with Gasteiger partial charge in [-0.2, -0.15) is 4.37 Å². The summed E-state index contributed by atoms with van der Waals surface area (Å²) in [4.78, 5) is 11.8. The van der Waals surface area contributed by atoms with Crippen molar-refractivity contribution in [2.24, 2.45) is 0 Å². The van der Waals surface area contributed by atoms with Gasteiger partial charge in [0, 0.05) is 5.56 Å². The lowest BCUT2D eigenvalue weighted by molar-refractivity contribution is 0.102. The predicted molar refractivity (Wildman–Crippen MR) is 71.1 cm³/mol. The molecular formula is C11H11BN2O3S. The van der Waals surface area contributed by atoms with Crippen LogP contribution in [0, 0.1) is 6.92 Å². The number of benzene rings is 1. The van der Waals surface area contributed by atoms with Gasteiger partial charge in [0.2, 0.25) is 0 Å². The second kappa shape index (κ2) is 5.30. The minimum atomic E-state index is -1.52. The van der Waals surface area contributed by atoms with Gasteiger partial charge in [-0.1, -0.05) is 12.1 Å². The van der Waals surface area contributed by atoms with Gasteiger partial charge in [0.1, 0.15) is 5.00 Å². The van der Waals surface area contributed by atoms with Crippen molar-refractivity contribution in [2.75, 3.05) is 5.32 Å². The average Bonchev–Trinajstić information content (AvgIpc) is 2.75. The highest BCUT2D eigenvalue weighted by atomic mass is 32.1. The normalized spacial score (nSPS) is 10.2. The van der Waals surface area contributed by atoms with E-state index in [9.17, 15) is 4.79 Å². The Morgan fingerprint density at radius 2 is 2.00 bits per heavy atom. The Balaban J connectivity index is 2.09. The fourth-order valence-corrected chi connectivity index (χ4v) is 2.07. The molecule has 0 fully saturated rings. The molecule has 2 aromatic rings. The molecule has 2 rings (SSSR count). The lowest BCUT2D eigenvalue weighted by atomic mass is 9.80. The number of hydrogen-bond acceptors (Lipinski definition) is 5. The number of aromatic nitrogens is 1. The van der Waals surface area contributed by atoms with Gasteiger partial charge in [-0.3, -0.25) is 4.79 Å². The first-order valence-electron chi connectivity index (χ1n) is 5.27. The van der Waals surface area contributed by atoms with E-state index in [0.717, 1.165) is 5.69 Å². The molecule has 0 saturated heterocycles. The van der Waals surface area contributed by atoms with Crippen molar-refractivity contribution in [3.63, 3.8) is 0 Å². The quantitative estimate of drug-likeness (QED) is 0.698. The topological polar surface area (TPSA) is 82.5 Å². The van der Waals surface area contributed by atoms with Gasteiger partial charge in [0.05, 0.1) is 5.69 Å². The SMILES string of the molecule is Cc1cc(NC(=O)c2ccc(B(O)O)cc2)sn1. The van der Waals surface area contributed by atoms with Crippen LogP contribution in [-0.2, 0) is 0 Å². The number of nitrogens with zero attached hydrogens (tertiary/aromatic N) is 1. The maximum absolute atomic E-state index is 11.8. The zero-order valence-electron chi connectivity index (χ0n) is 9.62. The van der Waals surface area contributed by atoms with Crippen LogP contribution in [0.25, 0.3) is 0 Å². The van der Waals surface area contributed by atoms with E-state index in [1.165, 1.54) is 35.8 Å². The third kappa shape index (κ3) is 2.95. The molecule has 0 aliphatic carbocycles. The molecule has 1 amide bonds. The molecule has 5 nitrogen and oxygen atoms in total. The van der Waals surface area contributed by atoms with Crippen LogP contribution < -0.4 is 10.8 Å². The van der Waals surface area contributed by atoms with Crippen molar-refractivity contribution >= 4 is 35.0 Å². The second-order valence-corrected chi connectivity index (χ2v) is 4.59. The number of nitrogens with one attached hydrogen (secondary N) is 1. The largest absolute Gasteiger partial charge is 0.488 e. The fraction of sp³-hybridized carbons (Fsp3) is 0.0909. The number of rotatable bonds is 3. The van der Waals surface area contributed by atoms with Gasteiger partial charge in [0.15, 0.2) is 0 Å². The monoisotopic (exact) mass is 262 g/mol. The number of carbonyl (C=O) groups excluding carboxylic acids is 1. The summed E-state index contributed by atoms with van der Waals surface area (Å²) in [5.74, 6) is -0.252. The Morgan fingerprint density at radius 1 is 1.33 bits per heavy atom. The Hall–Kier alpha value is -1.70. The summed E-state index contributed by atoms with van der Waals surface area (Å²) in [5, 5.41) is 21.3. The van der Waals surface area contributed by atoms with Crippen LogP contribution in [0.5, 0.6) is 0 Å². The van der Waals surface area contributed by atoms with Crippen molar-refractivity contribution in [1.82, 2.24) is 4.37 Å². The minimum Gasteiger partial charge on any atom is -0.423 e. The molecule has 0 aliphatic rings. The van der Waals surface area contributed by atoms with E-state index in [0.29, 0.717) is 16.0 Å². The molecule has 0 bridgehead atoms. The van der Waals surface area contributed by atoms with Crippen LogP contribution in [0.3, 0.4) is 0 Å². The maximum Gasteiger partial charge on any atom is 0.488 e. The van der Waals surface area contributed by atoms with Crippen LogP contribution in [0.15, 0.2) is 30.3 Å². The van der Waals surface area contributed by atoms with Crippen LogP contribution in [0.2, 0.25) is 0 Å². The number of carbonyl (C=O) groups is 1. The Kier molecular flexibility index (Phi) is 3.76. The molecule has 18 heavy (non-hydrogen) atoms. The Morgan fingerprint density at radius 3 is 2.50 bits per heavy atom. The van der Waals surface area contributed by atoms with E-state index in [1.54, 1.807) is 6.07 Å². The first-order valence-corrected chi connectivity index (χ1v) is 6.04. The summed E-state index contributed by atoms with van der Waals surface area (Å²) in [6.07, 6.45) is 0. The molecule has 1 aromatic carbocycles. The van der Waals surface area contributed by atoms with Crippen LogP contribution in [0.4, 0.5) is 5.00 Å². The zero-order valence-corrected chi connectivity index (χ0v) is 10.4. The van der Waals surface area contributed by atoms with E-state index in [2.05, 4.69) is 9.69 Å². The van der Waals surface area contributed by atoms with Crippen LogP contribution >= 0.6 is 11.5 Å². The molecule has 7 heteroatoms. The van der Waals surface area contributed by atoms with E-state index in [-0.39, 0.29) is 5.91 Å². The minimum absolute atomic E-state index is 0.252. The van der Waals surface area contributed by atoms with Crippen molar-refractivity contribution in [1.29, 1.82) is 0 Å². The summed E-state index contributed by atoms with van der Waals surface area (Å²) in [6, 6.07) is 7.86. The highest BCUT2D eigenvalue weighted by Gasteiger charge is 2.12. The fourth-order valence-electron chi connectivity index (χ4n) is 1.41. The third-order valence-electron chi connectivity index (χ3n) is 2.34. The summed E-state index contributed by atoms with van der Waals surface area (Å²) < 4.78 is 4.06. The number of amides is 1. The van der Waals surface area contributed by atoms with Gasteiger partial charge in [-0.15, -0.1) is 0 Å². The molecule has 3 N–H and O–H groups in total. The number of aryl methyl sites for hydroxylation is 1. The first-order chi connectivity index (χ1) is 8.56. The molecule has 92 valence electrons. The zero-order chi connectivity index (χ0) is 13.1. The molecule has 0 unspecified atom stereocenters. The van der Waals surface area contributed by atoms with Crippen molar-refractivity contribution in [3.05, 3.63) is 41.6 Å². The predicted octanol–water partition coefficient (Wildman–Crippen LogP) is 0.384. The van der Waals surface area contributed by atoms with Gasteiger partial charge in [-0.05, 0) is 42.1 Å². The van der Waals surface area contributed by atoms with E-state index < -0.39 is 7.12 Å². The van der Waals surface area contributed by atoms with E-state index in [1.807, 2.05) is 6.92 Å². The maximum atomic E-state index is 11.8. The molecule has 0 saturated carbocycles. The van der Waals surface area contributed by atoms with Crippen LogP contribution in [-0.4, -0.2) is 27.4 Å². The number of hydrogen-bond donors (Lipinski definition) is 3. The lowest BCUT2D eigenvalue weighted by Crippen LogP contribution is -2.29. The van der Waals surface area contributed by atoms with Crippen molar-refractivity contribution in [3.8, 4) is 0 Å². The Bertz CT molecular complexity index is 554. The molecule has 0 atom stereocenters. The van der Waals surface area contributed by atoms with Gasteiger partial charge < -0.3 is 15.4 Å². The van der Waals surface area contributed by atoms with E-state index >= 15 is 0 Å². The molecular weight excluding hydrogens is 251 g/mol. The van der Waals surface area contributed by atoms with Gasteiger partial charge >= 0.3 is 7.12 Å². The highest BCUT2D eigenvalue weighted by molar-refractivity contribution is 7.10. The smallest absolute Gasteiger partial charge is 0.423 e. The van der Waals surface area contributed by atoms with E-state index in [4.69, 9.17) is 10.0 Å². The van der Waals surface area contributed by atoms with Crippen molar-refractivity contribution < 1.29 is 14.8 Å². The molecule has 0 aliphatic heterocycles. The highest BCUT2D eigenvalue weighted by Crippen LogP contribution is 2.16. The standard InChI is InChI=1S/C11H11BN2O3S/c1-7-6-10(18-14-7)13-11(15)8-2-4-9(5-3-8)12(16)17/h2-6,16-17H,1H3,(H,13,15).